The molecule has 0 amide bonds. The highest BCUT2D eigenvalue weighted by Gasteiger charge is 2.33. The fourth-order valence-electron chi connectivity index (χ4n) is 1.09. The Morgan fingerprint density at radius 2 is 2.00 bits per heavy atom. The van der Waals surface area contributed by atoms with Gasteiger partial charge in [-0.25, -0.2) is 4.79 Å². The highest BCUT2D eigenvalue weighted by Crippen LogP contribution is 2.38. The topological polar surface area (TPSA) is 55.8 Å². The molecule has 0 heterocycles. The van der Waals surface area contributed by atoms with Crippen LogP contribution in [0.4, 0.5) is 13.2 Å². The molecule has 0 radical (unpaired) electrons. The third kappa shape index (κ3) is 3.42. The van der Waals surface area contributed by atoms with Gasteiger partial charge in [-0.2, -0.15) is 0 Å². The summed E-state index contributed by atoms with van der Waals surface area (Å²) in [5, 5.41) is 8.37. The van der Waals surface area contributed by atoms with Crippen LogP contribution >= 0.6 is 11.6 Å². The van der Waals surface area contributed by atoms with Crippen LogP contribution in [0.2, 0.25) is 5.02 Å². The second kappa shape index (κ2) is 4.70. The van der Waals surface area contributed by atoms with Crippen LogP contribution in [0, 0.1) is 0 Å². The maximum absolute atomic E-state index is 12.1. The monoisotopic (exact) mass is 270 g/mol. The van der Waals surface area contributed by atoms with Crippen molar-refractivity contribution in [3.8, 4) is 11.5 Å². The first kappa shape index (κ1) is 13.4. The van der Waals surface area contributed by atoms with Crippen LogP contribution in [-0.2, 0) is 0 Å². The SMILES string of the molecule is COc1c(Cl)cc(C(=O)O)cc1OC(F)(F)F. The van der Waals surface area contributed by atoms with Crippen LogP contribution in [0.1, 0.15) is 10.4 Å². The minimum atomic E-state index is -4.96. The fraction of sp³-hybridized carbons (Fsp3) is 0.222. The minimum absolute atomic E-state index is 0.286. The first-order valence-corrected chi connectivity index (χ1v) is 4.49. The molecule has 4 nitrogen and oxygen atoms in total. The van der Waals surface area contributed by atoms with Crippen LogP contribution < -0.4 is 9.47 Å². The summed E-state index contributed by atoms with van der Waals surface area (Å²) in [4.78, 5) is 10.6. The van der Waals surface area contributed by atoms with Crippen LogP contribution in [-0.4, -0.2) is 24.5 Å². The Balaban J connectivity index is 3.29. The van der Waals surface area contributed by atoms with Crippen LogP contribution in [0.15, 0.2) is 12.1 Å². The normalized spacial score (nSPS) is 11.1. The summed E-state index contributed by atoms with van der Waals surface area (Å²) >= 11 is 5.57. The van der Waals surface area contributed by atoms with Crippen molar-refractivity contribution in [2.24, 2.45) is 0 Å². The van der Waals surface area contributed by atoms with E-state index in [0.29, 0.717) is 6.07 Å². The molecule has 1 N–H and O–H groups in total. The summed E-state index contributed by atoms with van der Waals surface area (Å²) < 4.78 is 44.4. The lowest BCUT2D eigenvalue weighted by Gasteiger charge is -2.14. The molecule has 1 aromatic carbocycles. The third-order valence-corrected chi connectivity index (χ3v) is 1.97. The molecule has 94 valence electrons. The van der Waals surface area contributed by atoms with Crippen molar-refractivity contribution in [1.29, 1.82) is 0 Å². The Kier molecular flexibility index (Phi) is 3.72. The van der Waals surface area contributed by atoms with Crippen molar-refractivity contribution in [3.63, 3.8) is 0 Å². The van der Waals surface area contributed by atoms with Crippen molar-refractivity contribution < 1.29 is 32.5 Å². The number of hydrogen-bond donors (Lipinski definition) is 1. The number of hydrogen-bond acceptors (Lipinski definition) is 3. The maximum atomic E-state index is 12.1. The Hall–Kier alpha value is -1.63. The van der Waals surface area contributed by atoms with Gasteiger partial charge in [0.1, 0.15) is 0 Å². The van der Waals surface area contributed by atoms with E-state index in [1.807, 2.05) is 0 Å². The van der Waals surface area contributed by atoms with Gasteiger partial charge in [0, 0.05) is 0 Å². The number of halogens is 4. The van der Waals surface area contributed by atoms with E-state index in [-0.39, 0.29) is 10.8 Å². The summed E-state index contributed by atoms with van der Waals surface area (Å²) in [7, 11) is 1.09. The minimum Gasteiger partial charge on any atom is -0.491 e. The van der Waals surface area contributed by atoms with E-state index in [1.165, 1.54) is 0 Å². The number of carbonyl (C=O) groups is 1. The Bertz CT molecular complexity index is 445. The van der Waals surface area contributed by atoms with Gasteiger partial charge in [0.2, 0.25) is 0 Å². The highest BCUT2D eigenvalue weighted by molar-refractivity contribution is 6.32. The molecule has 1 rings (SSSR count). The van der Waals surface area contributed by atoms with E-state index in [4.69, 9.17) is 16.7 Å². The van der Waals surface area contributed by atoms with E-state index in [9.17, 15) is 18.0 Å². The summed E-state index contributed by atoms with van der Waals surface area (Å²) in [5.74, 6) is -2.61. The molecule has 0 aliphatic carbocycles. The molecule has 0 saturated carbocycles. The standard InChI is InChI=1S/C9H6ClF3O4/c1-16-7-5(10)2-4(8(14)15)3-6(7)17-9(11,12)13/h2-3H,1H3,(H,14,15). The van der Waals surface area contributed by atoms with Gasteiger partial charge in [-0.3, -0.25) is 0 Å². The average molecular weight is 271 g/mol. The average Bonchev–Trinajstić information content (AvgIpc) is 2.14. The number of carboxylic acids is 1. The molecule has 0 aliphatic rings. The predicted molar refractivity (Wildman–Crippen MR) is 51.6 cm³/mol. The highest BCUT2D eigenvalue weighted by atomic mass is 35.5. The molecule has 0 bridgehead atoms. The van der Waals surface area contributed by atoms with Crippen LogP contribution in [0.3, 0.4) is 0 Å². The zero-order chi connectivity index (χ0) is 13.2. The summed E-state index contributed by atoms with van der Waals surface area (Å²) in [6, 6.07) is 1.65. The number of rotatable bonds is 3. The number of aromatic carboxylic acids is 1. The van der Waals surface area contributed by atoms with Gasteiger partial charge in [-0.15, -0.1) is 13.2 Å². The van der Waals surface area contributed by atoms with Crippen molar-refractivity contribution >= 4 is 17.6 Å². The molecule has 0 saturated heterocycles. The van der Waals surface area contributed by atoms with Gasteiger partial charge in [0.15, 0.2) is 11.5 Å². The number of alkyl halides is 3. The molecule has 17 heavy (non-hydrogen) atoms. The fourth-order valence-corrected chi connectivity index (χ4v) is 1.38. The molecule has 0 aromatic heterocycles. The van der Waals surface area contributed by atoms with E-state index in [1.54, 1.807) is 0 Å². The quantitative estimate of drug-likeness (QED) is 0.917. The number of benzene rings is 1. The van der Waals surface area contributed by atoms with Gasteiger partial charge in [0.25, 0.3) is 0 Å². The Labute approximate surface area is 98.5 Å². The second-order valence-corrected chi connectivity index (χ2v) is 3.25. The lowest BCUT2D eigenvalue weighted by molar-refractivity contribution is -0.275. The van der Waals surface area contributed by atoms with Gasteiger partial charge < -0.3 is 14.6 Å². The lowest BCUT2D eigenvalue weighted by atomic mass is 10.2. The van der Waals surface area contributed by atoms with Gasteiger partial charge in [-0.05, 0) is 12.1 Å². The molecule has 0 fully saturated rings. The van der Waals surface area contributed by atoms with Gasteiger partial charge in [-0.1, -0.05) is 11.6 Å². The Morgan fingerprint density at radius 3 is 2.41 bits per heavy atom. The molecule has 1 aromatic rings. The molecule has 0 spiro atoms. The van der Waals surface area contributed by atoms with Crippen LogP contribution in [0.5, 0.6) is 11.5 Å². The molecule has 0 atom stereocenters. The molecule has 0 unspecified atom stereocenters. The van der Waals surface area contributed by atoms with Crippen molar-refractivity contribution in [1.82, 2.24) is 0 Å². The zero-order valence-corrected chi connectivity index (χ0v) is 9.09. The van der Waals surface area contributed by atoms with E-state index >= 15 is 0 Å². The number of carboxylic acid groups (broad SMARTS) is 1. The van der Waals surface area contributed by atoms with Crippen molar-refractivity contribution in [2.75, 3.05) is 7.11 Å². The van der Waals surface area contributed by atoms with E-state index in [2.05, 4.69) is 9.47 Å². The zero-order valence-electron chi connectivity index (χ0n) is 8.34. The van der Waals surface area contributed by atoms with Crippen molar-refractivity contribution in [3.05, 3.63) is 22.7 Å². The van der Waals surface area contributed by atoms with Gasteiger partial charge in [0.05, 0.1) is 17.7 Å². The number of methoxy groups -OCH3 is 1. The summed E-state index contributed by atoms with van der Waals surface area (Å²) in [6.45, 7) is 0. The maximum Gasteiger partial charge on any atom is 0.573 e. The second-order valence-electron chi connectivity index (χ2n) is 2.84. The first-order valence-electron chi connectivity index (χ1n) is 4.11. The molecule has 8 heteroatoms. The van der Waals surface area contributed by atoms with Crippen LogP contribution in [0.25, 0.3) is 0 Å². The first-order chi connectivity index (χ1) is 7.74. The van der Waals surface area contributed by atoms with E-state index in [0.717, 1.165) is 13.2 Å². The largest absolute Gasteiger partial charge is 0.573 e. The third-order valence-electron chi connectivity index (χ3n) is 1.69. The summed E-state index contributed by atoms with van der Waals surface area (Å²) in [5.41, 5.74) is -0.435. The van der Waals surface area contributed by atoms with Gasteiger partial charge >= 0.3 is 12.3 Å². The predicted octanol–water partition coefficient (Wildman–Crippen LogP) is 2.95. The Morgan fingerprint density at radius 1 is 1.41 bits per heavy atom. The number of ether oxygens (including phenoxy) is 2. The molecular weight excluding hydrogens is 265 g/mol. The lowest BCUT2D eigenvalue weighted by Crippen LogP contribution is -2.18. The summed E-state index contributed by atoms with van der Waals surface area (Å²) in [6.07, 6.45) is -4.96. The van der Waals surface area contributed by atoms with E-state index < -0.39 is 23.6 Å². The van der Waals surface area contributed by atoms with Crippen molar-refractivity contribution in [2.45, 2.75) is 6.36 Å². The molecular formula is C9H6ClF3O4. The molecule has 0 aliphatic heterocycles. The smallest absolute Gasteiger partial charge is 0.491 e.